The average molecular weight is 595 g/mol. The number of hydrogen-bond donors (Lipinski definition) is 3. The second-order valence-electron chi connectivity index (χ2n) is 11.6. The van der Waals surface area contributed by atoms with E-state index in [1.165, 1.54) is 11.0 Å². The highest BCUT2D eigenvalue weighted by Gasteiger charge is 2.61. The summed E-state index contributed by atoms with van der Waals surface area (Å²) in [5.74, 6) is -2.06. The highest BCUT2D eigenvalue weighted by atomic mass is 32.2. The lowest BCUT2D eigenvalue weighted by Crippen LogP contribution is -2.58. The van der Waals surface area contributed by atoms with E-state index in [1.807, 2.05) is 12.2 Å². The number of ether oxygens (including phenoxy) is 1. The molecule has 40 heavy (non-hydrogen) atoms. The van der Waals surface area contributed by atoms with E-state index in [0.29, 0.717) is 32.2 Å². The molecule has 0 unspecified atom stereocenters. The number of nitrogens with one attached hydrogen (secondary N) is 3. The first kappa shape index (κ1) is 30.0. The van der Waals surface area contributed by atoms with Gasteiger partial charge in [-0.05, 0) is 70.7 Å². The van der Waals surface area contributed by atoms with Gasteiger partial charge in [0.1, 0.15) is 27.4 Å². The Hall–Kier alpha value is -2.93. The van der Waals surface area contributed by atoms with E-state index in [4.69, 9.17) is 4.74 Å². The summed E-state index contributed by atoms with van der Waals surface area (Å²) < 4.78 is 33.1. The minimum absolute atomic E-state index is 0.00422. The van der Waals surface area contributed by atoms with Crippen molar-refractivity contribution in [3.05, 3.63) is 29.7 Å². The Kier molecular flexibility index (Phi) is 8.93. The number of amides is 4. The molecule has 13 heteroatoms. The van der Waals surface area contributed by atoms with Crippen molar-refractivity contribution in [1.29, 1.82) is 0 Å². The van der Waals surface area contributed by atoms with Gasteiger partial charge in [0.15, 0.2) is 0 Å². The second-order valence-corrected chi connectivity index (χ2v) is 14.4. The highest BCUT2D eigenvalue weighted by molar-refractivity contribution is 7.92. The topological polar surface area (TPSA) is 151 Å². The average Bonchev–Trinajstić information content (AvgIpc) is 3.25. The van der Waals surface area contributed by atoms with E-state index in [9.17, 15) is 27.6 Å². The second kappa shape index (κ2) is 11.9. The van der Waals surface area contributed by atoms with Crippen LogP contribution < -0.4 is 15.4 Å². The molecular formula is C27H38N4O7S2. The van der Waals surface area contributed by atoms with Gasteiger partial charge in [-0.2, -0.15) is 0 Å². The van der Waals surface area contributed by atoms with Gasteiger partial charge < -0.3 is 20.3 Å². The Morgan fingerprint density at radius 1 is 1.15 bits per heavy atom. The molecule has 0 radical (unpaired) electrons. The molecule has 1 saturated heterocycles. The summed E-state index contributed by atoms with van der Waals surface area (Å²) in [6.07, 6.45) is 7.82. The van der Waals surface area contributed by atoms with E-state index < -0.39 is 51.2 Å². The molecule has 3 aliphatic rings. The third-order valence-electron chi connectivity index (χ3n) is 7.31. The zero-order valence-corrected chi connectivity index (χ0v) is 24.7. The molecule has 1 aromatic heterocycles. The summed E-state index contributed by atoms with van der Waals surface area (Å²) in [5.41, 5.74) is -2.16. The van der Waals surface area contributed by atoms with Crippen molar-refractivity contribution >= 4 is 45.2 Å². The number of rotatable bonds is 4. The van der Waals surface area contributed by atoms with Crippen molar-refractivity contribution in [3.8, 4) is 0 Å². The number of allylic oxidation sites excluding steroid dienone is 1. The van der Waals surface area contributed by atoms with Gasteiger partial charge in [0, 0.05) is 12.5 Å². The van der Waals surface area contributed by atoms with Crippen LogP contribution in [0.3, 0.4) is 0 Å². The maximum absolute atomic E-state index is 13.6. The van der Waals surface area contributed by atoms with Crippen molar-refractivity contribution in [2.75, 3.05) is 6.54 Å². The van der Waals surface area contributed by atoms with Gasteiger partial charge in [0.2, 0.25) is 11.8 Å². The minimum Gasteiger partial charge on any atom is -0.444 e. The number of sulfonamides is 1. The molecule has 220 valence electrons. The molecule has 1 aromatic rings. The summed E-state index contributed by atoms with van der Waals surface area (Å²) in [6.45, 7) is 5.55. The predicted molar refractivity (Wildman–Crippen MR) is 149 cm³/mol. The Morgan fingerprint density at radius 3 is 2.62 bits per heavy atom. The van der Waals surface area contributed by atoms with Gasteiger partial charge in [0.05, 0.1) is 0 Å². The Balaban J connectivity index is 1.55. The van der Waals surface area contributed by atoms with Gasteiger partial charge in [-0.25, -0.2) is 17.9 Å². The Morgan fingerprint density at radius 2 is 1.93 bits per heavy atom. The van der Waals surface area contributed by atoms with E-state index in [1.54, 1.807) is 32.2 Å². The van der Waals surface area contributed by atoms with Crippen molar-refractivity contribution < 1.29 is 32.3 Å². The van der Waals surface area contributed by atoms with Crippen molar-refractivity contribution in [2.45, 2.75) is 99.6 Å². The molecule has 0 spiro atoms. The lowest BCUT2D eigenvalue weighted by atomic mass is 10.0. The third-order valence-corrected chi connectivity index (χ3v) is 10.0. The lowest BCUT2D eigenvalue weighted by molar-refractivity contribution is -0.141. The monoisotopic (exact) mass is 594 g/mol. The number of nitrogens with zero attached hydrogens (tertiary/aromatic N) is 1. The van der Waals surface area contributed by atoms with Gasteiger partial charge in [0.25, 0.3) is 15.9 Å². The van der Waals surface area contributed by atoms with Crippen molar-refractivity contribution in [3.63, 3.8) is 0 Å². The fourth-order valence-corrected chi connectivity index (χ4v) is 7.25. The zero-order valence-electron chi connectivity index (χ0n) is 23.1. The van der Waals surface area contributed by atoms with Crippen molar-refractivity contribution in [1.82, 2.24) is 20.3 Å². The predicted octanol–water partition coefficient (Wildman–Crippen LogP) is 2.83. The molecule has 4 atom stereocenters. The summed E-state index contributed by atoms with van der Waals surface area (Å²) >= 11 is 0.989. The summed E-state index contributed by atoms with van der Waals surface area (Å²) in [4.78, 5) is 54.6. The van der Waals surface area contributed by atoms with Crippen LogP contribution in [0.15, 0.2) is 33.9 Å². The standard InChI is InChI=1S/C27H38N4O7S2/c1-26(2,3)38-25(35)28-19-12-8-6-4-5-7-11-18-17-27(18,24(34)30-40(36,37)21-14-10-16-39-21)29-22(32)20-13-9-15-31(20)23(19)33/h7,10-11,14,16,18-20H,4-6,8-9,12-13,15,17H2,1-3H3,(H,28,35)(H,29,32)(H,30,34)/t18-,19+,20+,27-/m1/s1. The smallest absolute Gasteiger partial charge is 0.408 e. The van der Waals surface area contributed by atoms with Crippen LogP contribution in [-0.2, 0) is 29.1 Å². The fourth-order valence-electron chi connectivity index (χ4n) is 5.22. The van der Waals surface area contributed by atoms with Gasteiger partial charge in [-0.1, -0.05) is 31.1 Å². The molecule has 3 N–H and O–H groups in total. The summed E-state index contributed by atoms with van der Waals surface area (Å²) in [6, 6.07) is 1.28. The van der Waals surface area contributed by atoms with Crippen LogP contribution in [0, 0.1) is 5.92 Å². The van der Waals surface area contributed by atoms with Crippen LogP contribution in [0.1, 0.15) is 72.1 Å². The first-order valence-electron chi connectivity index (χ1n) is 13.7. The number of carbonyl (C=O) groups excluding carboxylic acids is 4. The molecule has 11 nitrogen and oxygen atoms in total. The van der Waals surface area contributed by atoms with Gasteiger partial charge in [-0.15, -0.1) is 11.3 Å². The van der Waals surface area contributed by atoms with E-state index >= 15 is 0 Å². The largest absolute Gasteiger partial charge is 0.444 e. The molecular weight excluding hydrogens is 556 g/mol. The van der Waals surface area contributed by atoms with E-state index in [0.717, 1.165) is 30.6 Å². The maximum atomic E-state index is 13.6. The normalized spacial score (nSPS) is 27.9. The van der Waals surface area contributed by atoms with Crippen LogP contribution in [0.4, 0.5) is 4.79 Å². The first-order chi connectivity index (χ1) is 18.8. The van der Waals surface area contributed by atoms with Gasteiger partial charge >= 0.3 is 6.09 Å². The molecule has 0 aromatic carbocycles. The number of thiophene rings is 1. The molecule has 1 aliphatic carbocycles. The molecule has 2 aliphatic heterocycles. The molecule has 4 rings (SSSR count). The first-order valence-corrected chi connectivity index (χ1v) is 16.1. The third kappa shape index (κ3) is 7.03. The van der Waals surface area contributed by atoms with Crippen molar-refractivity contribution in [2.24, 2.45) is 5.92 Å². The molecule has 4 amide bonds. The van der Waals surface area contributed by atoms with Gasteiger partial charge in [-0.3, -0.25) is 14.4 Å². The number of carbonyl (C=O) groups is 4. The van der Waals surface area contributed by atoms with E-state index in [2.05, 4.69) is 15.4 Å². The molecule has 0 bridgehead atoms. The zero-order chi connectivity index (χ0) is 29.1. The molecule has 1 saturated carbocycles. The number of hydrogen-bond acceptors (Lipinski definition) is 8. The molecule has 2 fully saturated rings. The maximum Gasteiger partial charge on any atom is 0.408 e. The Labute approximate surface area is 239 Å². The van der Waals surface area contributed by atoms with Crippen LogP contribution in [0.2, 0.25) is 0 Å². The quantitative estimate of drug-likeness (QED) is 0.454. The summed E-state index contributed by atoms with van der Waals surface area (Å²) in [5, 5.41) is 7.11. The van der Waals surface area contributed by atoms with Crippen LogP contribution >= 0.6 is 11.3 Å². The Bertz CT molecular complexity index is 1260. The van der Waals surface area contributed by atoms with Crippen LogP contribution in [0.5, 0.6) is 0 Å². The van der Waals surface area contributed by atoms with E-state index in [-0.39, 0.29) is 22.5 Å². The highest BCUT2D eigenvalue weighted by Crippen LogP contribution is 2.46. The molecule has 3 heterocycles. The fraction of sp³-hybridized carbons (Fsp3) is 0.630. The van der Waals surface area contributed by atoms with Crippen LogP contribution in [-0.4, -0.2) is 66.9 Å². The SMILES string of the molecule is CC(C)(C)OC(=O)N[C@H]1CCCCCC=C[C@@H]2C[C@@]2(C(=O)NS(=O)(=O)c2cccs2)NC(=O)[C@@H]2CCCN2C1=O. The lowest BCUT2D eigenvalue weighted by Gasteiger charge is -2.30. The summed E-state index contributed by atoms with van der Waals surface area (Å²) in [7, 11) is -4.09. The number of fused-ring (bicyclic) bond motifs is 2. The minimum atomic E-state index is -4.09. The number of alkyl carbamates (subject to hydrolysis) is 1. The van der Waals surface area contributed by atoms with Crippen LogP contribution in [0.25, 0.3) is 0 Å².